The van der Waals surface area contributed by atoms with Gasteiger partial charge in [0.2, 0.25) is 0 Å². The maximum absolute atomic E-state index is 12.7. The van der Waals surface area contributed by atoms with Crippen molar-refractivity contribution in [3.05, 3.63) is 71.8 Å². The number of hydrogen-bond donors (Lipinski definition) is 0. The summed E-state index contributed by atoms with van der Waals surface area (Å²) in [5, 5.41) is 8.78. The monoisotopic (exact) mass is 388 g/mol. The van der Waals surface area contributed by atoms with Crippen LogP contribution in [0.25, 0.3) is 11.3 Å². The summed E-state index contributed by atoms with van der Waals surface area (Å²) in [6, 6.07) is 19.5. The van der Waals surface area contributed by atoms with Crippen molar-refractivity contribution in [1.29, 1.82) is 0 Å². The zero-order valence-electron chi connectivity index (χ0n) is 16.7. The predicted octanol–water partition coefficient (Wildman–Crippen LogP) is 3.42. The molecule has 0 spiro atoms. The Labute approximate surface area is 170 Å². The van der Waals surface area contributed by atoms with Crippen LogP contribution in [0.5, 0.6) is 5.75 Å². The summed E-state index contributed by atoms with van der Waals surface area (Å²) in [6.45, 7) is 4.84. The van der Waals surface area contributed by atoms with Crippen LogP contribution in [-0.4, -0.2) is 54.3 Å². The van der Waals surface area contributed by atoms with Gasteiger partial charge in [-0.2, -0.15) is 0 Å². The molecule has 0 atom stereocenters. The van der Waals surface area contributed by atoms with Gasteiger partial charge in [0, 0.05) is 37.3 Å². The van der Waals surface area contributed by atoms with Gasteiger partial charge in [-0.05, 0) is 55.5 Å². The van der Waals surface area contributed by atoms with Crippen LogP contribution >= 0.6 is 0 Å². The molecule has 148 valence electrons. The lowest BCUT2D eigenvalue weighted by molar-refractivity contribution is 0.0746. The van der Waals surface area contributed by atoms with Crippen molar-refractivity contribution in [3.8, 4) is 17.0 Å². The first-order valence-electron chi connectivity index (χ1n) is 9.73. The number of rotatable bonds is 4. The molecule has 6 heteroatoms. The van der Waals surface area contributed by atoms with Gasteiger partial charge in [-0.1, -0.05) is 17.7 Å². The Kier molecular flexibility index (Phi) is 5.42. The van der Waals surface area contributed by atoms with E-state index in [4.69, 9.17) is 4.74 Å². The Bertz CT molecular complexity index is 979. The van der Waals surface area contributed by atoms with Crippen LogP contribution in [-0.2, 0) is 0 Å². The van der Waals surface area contributed by atoms with Gasteiger partial charge in [-0.3, -0.25) is 4.79 Å². The first-order chi connectivity index (χ1) is 14.1. The Morgan fingerprint density at radius 1 is 0.931 bits per heavy atom. The maximum atomic E-state index is 12.7. The van der Waals surface area contributed by atoms with Crippen molar-refractivity contribution in [1.82, 2.24) is 15.1 Å². The molecule has 1 aliphatic heterocycles. The van der Waals surface area contributed by atoms with E-state index in [-0.39, 0.29) is 5.91 Å². The number of ether oxygens (including phenoxy) is 1. The minimum absolute atomic E-state index is 0.0919. The number of carbonyl (C=O) groups is 1. The van der Waals surface area contributed by atoms with Crippen molar-refractivity contribution >= 4 is 11.7 Å². The molecule has 2 heterocycles. The van der Waals surface area contributed by atoms with Crippen LogP contribution in [0.1, 0.15) is 15.9 Å². The summed E-state index contributed by atoms with van der Waals surface area (Å²) in [5.74, 6) is 1.75. The molecule has 0 aliphatic carbocycles. The third-order valence-electron chi connectivity index (χ3n) is 5.19. The highest BCUT2D eigenvalue weighted by Crippen LogP contribution is 2.22. The fourth-order valence-corrected chi connectivity index (χ4v) is 3.51. The molecule has 1 aliphatic rings. The molecular formula is C23H24N4O2. The van der Waals surface area contributed by atoms with E-state index in [0.29, 0.717) is 13.1 Å². The molecule has 6 nitrogen and oxygen atoms in total. The van der Waals surface area contributed by atoms with Crippen molar-refractivity contribution in [2.75, 3.05) is 38.2 Å². The predicted molar refractivity (Wildman–Crippen MR) is 113 cm³/mol. The highest BCUT2D eigenvalue weighted by molar-refractivity contribution is 5.94. The Morgan fingerprint density at radius 2 is 1.69 bits per heavy atom. The molecule has 0 bridgehead atoms. The van der Waals surface area contributed by atoms with Gasteiger partial charge in [0.25, 0.3) is 5.91 Å². The number of aromatic nitrogens is 2. The van der Waals surface area contributed by atoms with E-state index in [1.807, 2.05) is 72.5 Å². The SMILES string of the molecule is COc1ccc(-c2ccc(N3CCN(C(=O)c4cccc(C)c4)CC3)nn2)cc1. The largest absolute Gasteiger partial charge is 0.497 e. The third kappa shape index (κ3) is 4.21. The van der Waals surface area contributed by atoms with Gasteiger partial charge in [0.05, 0.1) is 12.8 Å². The van der Waals surface area contributed by atoms with Crippen LogP contribution in [0.2, 0.25) is 0 Å². The number of piperazine rings is 1. The van der Waals surface area contributed by atoms with Crippen molar-refractivity contribution < 1.29 is 9.53 Å². The molecule has 2 aromatic carbocycles. The van der Waals surface area contributed by atoms with Crippen LogP contribution in [0.4, 0.5) is 5.82 Å². The fourth-order valence-electron chi connectivity index (χ4n) is 3.51. The number of carbonyl (C=O) groups excluding carboxylic acids is 1. The number of methoxy groups -OCH3 is 1. The van der Waals surface area contributed by atoms with Crippen molar-refractivity contribution in [3.63, 3.8) is 0 Å². The molecule has 1 fully saturated rings. The lowest BCUT2D eigenvalue weighted by Crippen LogP contribution is -2.49. The van der Waals surface area contributed by atoms with Gasteiger partial charge in [-0.25, -0.2) is 0 Å². The van der Waals surface area contributed by atoms with Gasteiger partial charge >= 0.3 is 0 Å². The first kappa shape index (κ1) is 18.9. The molecule has 29 heavy (non-hydrogen) atoms. The van der Waals surface area contributed by atoms with E-state index in [9.17, 15) is 4.79 Å². The van der Waals surface area contributed by atoms with Gasteiger partial charge in [0.15, 0.2) is 5.82 Å². The molecule has 1 aromatic heterocycles. The summed E-state index contributed by atoms with van der Waals surface area (Å²) in [4.78, 5) is 16.8. The highest BCUT2D eigenvalue weighted by atomic mass is 16.5. The van der Waals surface area contributed by atoms with Crippen LogP contribution in [0.15, 0.2) is 60.7 Å². The molecule has 1 amide bonds. The molecule has 0 unspecified atom stereocenters. The van der Waals surface area contributed by atoms with Gasteiger partial charge in [0.1, 0.15) is 5.75 Å². The minimum Gasteiger partial charge on any atom is -0.497 e. The van der Waals surface area contributed by atoms with Gasteiger partial charge in [-0.15, -0.1) is 10.2 Å². The zero-order chi connectivity index (χ0) is 20.2. The summed E-state index contributed by atoms with van der Waals surface area (Å²) in [5.41, 5.74) is 3.67. The lowest BCUT2D eigenvalue weighted by Gasteiger charge is -2.35. The molecule has 4 rings (SSSR count). The van der Waals surface area contributed by atoms with Crippen molar-refractivity contribution in [2.45, 2.75) is 6.92 Å². The second-order valence-electron chi connectivity index (χ2n) is 7.15. The number of nitrogens with zero attached hydrogens (tertiary/aromatic N) is 4. The molecular weight excluding hydrogens is 364 g/mol. The standard InChI is InChI=1S/C23H24N4O2/c1-17-4-3-5-19(16-17)23(28)27-14-12-26(13-15-27)22-11-10-21(24-25-22)18-6-8-20(29-2)9-7-18/h3-11,16H,12-15H2,1-2H3. The van der Waals surface area contributed by atoms with Crippen LogP contribution in [0, 0.1) is 6.92 Å². The summed E-state index contributed by atoms with van der Waals surface area (Å²) >= 11 is 0. The average molecular weight is 388 g/mol. The van der Waals surface area contributed by atoms with Crippen LogP contribution < -0.4 is 9.64 Å². The maximum Gasteiger partial charge on any atom is 0.253 e. The Balaban J connectivity index is 1.38. The quantitative estimate of drug-likeness (QED) is 0.685. The minimum atomic E-state index is 0.0919. The second-order valence-corrected chi connectivity index (χ2v) is 7.15. The second kappa shape index (κ2) is 8.31. The van der Waals surface area contributed by atoms with E-state index >= 15 is 0 Å². The number of anilines is 1. The smallest absolute Gasteiger partial charge is 0.253 e. The molecule has 0 radical (unpaired) electrons. The highest BCUT2D eigenvalue weighted by Gasteiger charge is 2.23. The Hall–Kier alpha value is -3.41. The number of amides is 1. The molecule has 0 saturated carbocycles. The van der Waals surface area contributed by atoms with Gasteiger partial charge < -0.3 is 14.5 Å². The fraction of sp³-hybridized carbons (Fsp3) is 0.261. The number of aryl methyl sites for hydroxylation is 1. The average Bonchev–Trinajstić information content (AvgIpc) is 2.79. The Morgan fingerprint density at radius 3 is 2.31 bits per heavy atom. The molecule has 1 saturated heterocycles. The van der Waals surface area contributed by atoms with E-state index < -0.39 is 0 Å². The van der Waals surface area contributed by atoms with E-state index in [0.717, 1.165) is 47.0 Å². The van der Waals surface area contributed by atoms with E-state index in [2.05, 4.69) is 15.1 Å². The molecule has 3 aromatic rings. The topological polar surface area (TPSA) is 58.6 Å². The first-order valence-corrected chi connectivity index (χ1v) is 9.73. The normalized spacial score (nSPS) is 14.0. The number of benzene rings is 2. The van der Waals surface area contributed by atoms with Crippen molar-refractivity contribution in [2.24, 2.45) is 0 Å². The van der Waals surface area contributed by atoms with E-state index in [1.165, 1.54) is 0 Å². The number of hydrogen-bond acceptors (Lipinski definition) is 5. The molecule has 0 N–H and O–H groups in total. The lowest BCUT2D eigenvalue weighted by atomic mass is 10.1. The van der Waals surface area contributed by atoms with Crippen LogP contribution in [0.3, 0.4) is 0 Å². The zero-order valence-corrected chi connectivity index (χ0v) is 16.7. The third-order valence-corrected chi connectivity index (χ3v) is 5.19. The van der Waals surface area contributed by atoms with E-state index in [1.54, 1.807) is 7.11 Å². The summed E-state index contributed by atoms with van der Waals surface area (Å²) in [7, 11) is 1.65. The summed E-state index contributed by atoms with van der Waals surface area (Å²) < 4.78 is 5.19. The summed E-state index contributed by atoms with van der Waals surface area (Å²) in [6.07, 6.45) is 0.